The summed E-state index contributed by atoms with van der Waals surface area (Å²) in [5.41, 5.74) is 5.21. The average Bonchev–Trinajstić information content (AvgIpc) is 3.72. The lowest BCUT2D eigenvalue weighted by atomic mass is 9.91. The van der Waals surface area contributed by atoms with E-state index in [4.69, 9.17) is 4.42 Å². The van der Waals surface area contributed by atoms with E-state index < -0.39 is 16.1 Å². The van der Waals surface area contributed by atoms with Gasteiger partial charge in [-0.2, -0.15) is 4.31 Å². The van der Waals surface area contributed by atoms with E-state index in [-0.39, 0.29) is 35.2 Å². The van der Waals surface area contributed by atoms with Gasteiger partial charge in [-0.1, -0.05) is 37.3 Å². The van der Waals surface area contributed by atoms with Gasteiger partial charge in [0.2, 0.25) is 5.91 Å². The number of nitrogens with zero attached hydrogens (tertiary/aromatic N) is 3. The first-order chi connectivity index (χ1) is 19.4. The fourth-order valence-electron chi connectivity index (χ4n) is 6.14. The zero-order chi connectivity index (χ0) is 27.9. The number of piperazine rings is 1. The number of anilines is 2. The van der Waals surface area contributed by atoms with Crippen LogP contribution in [0.5, 0.6) is 0 Å². The summed E-state index contributed by atoms with van der Waals surface area (Å²) in [6, 6.07) is 8.74. The number of sulfonamides is 1. The van der Waals surface area contributed by atoms with Crippen molar-refractivity contribution in [2.75, 3.05) is 36.4 Å². The number of rotatable bonds is 8. The second-order valence-electron chi connectivity index (χ2n) is 10.4. The van der Waals surface area contributed by atoms with Crippen molar-refractivity contribution in [2.45, 2.75) is 49.0 Å². The van der Waals surface area contributed by atoms with E-state index in [2.05, 4.69) is 59.3 Å². The van der Waals surface area contributed by atoms with Crippen LogP contribution < -0.4 is 10.2 Å². The number of hydrogen-bond acceptors (Lipinski definition) is 7. The highest BCUT2D eigenvalue weighted by atomic mass is 32.2. The summed E-state index contributed by atoms with van der Waals surface area (Å²) >= 11 is 1.17. The highest BCUT2D eigenvalue weighted by Crippen LogP contribution is 2.44. The van der Waals surface area contributed by atoms with Crippen molar-refractivity contribution in [1.82, 2.24) is 9.21 Å². The minimum atomic E-state index is -3.82. The quantitative estimate of drug-likeness (QED) is 0.412. The zero-order valence-electron chi connectivity index (χ0n) is 22.7. The molecule has 4 heterocycles. The topological polar surface area (TPSA) is 86.1 Å². The Kier molecular flexibility index (Phi) is 7.43. The molecule has 0 bridgehead atoms. The Balaban J connectivity index is 1.27. The van der Waals surface area contributed by atoms with Crippen LogP contribution >= 0.6 is 11.3 Å². The predicted molar refractivity (Wildman–Crippen MR) is 158 cm³/mol. The van der Waals surface area contributed by atoms with Crippen molar-refractivity contribution in [1.29, 1.82) is 0 Å². The normalized spacial score (nSPS) is 22.9. The number of fused-ring (bicyclic) bond motifs is 3. The molecule has 2 aliphatic heterocycles. The molecule has 3 atom stereocenters. The minimum Gasteiger partial charge on any atom is -0.472 e. The lowest BCUT2D eigenvalue weighted by Gasteiger charge is -2.39. The molecule has 1 amide bonds. The minimum absolute atomic E-state index is 0.223. The van der Waals surface area contributed by atoms with Gasteiger partial charge in [-0.3, -0.25) is 9.69 Å². The molecule has 210 valence electrons. The molecular weight excluding hydrogens is 544 g/mol. The van der Waals surface area contributed by atoms with Gasteiger partial charge >= 0.3 is 0 Å². The number of hydrogen-bond donors (Lipinski definition) is 1. The molecule has 1 N–H and O–H groups in total. The van der Waals surface area contributed by atoms with Gasteiger partial charge in [-0.05, 0) is 54.1 Å². The van der Waals surface area contributed by atoms with Crippen LogP contribution in [0.3, 0.4) is 0 Å². The highest BCUT2D eigenvalue weighted by molar-refractivity contribution is 7.91. The van der Waals surface area contributed by atoms with Crippen LogP contribution in [0, 0.1) is 0 Å². The number of allylic oxidation sites excluding steroid dienone is 2. The number of nitrogens with one attached hydrogen (secondary N) is 1. The number of aryl methyl sites for hydroxylation is 1. The van der Waals surface area contributed by atoms with Crippen LogP contribution in [0.2, 0.25) is 0 Å². The molecule has 1 aromatic carbocycles. The van der Waals surface area contributed by atoms with Crippen molar-refractivity contribution >= 4 is 38.6 Å². The van der Waals surface area contributed by atoms with Crippen LogP contribution in [-0.4, -0.2) is 61.8 Å². The number of thiophene rings is 1. The van der Waals surface area contributed by atoms with Gasteiger partial charge in [0.05, 0.1) is 18.6 Å². The number of likely N-dealkylation sites (N-methyl/N-ethyl adjacent to an activating group) is 1. The van der Waals surface area contributed by atoms with Crippen LogP contribution in [0.4, 0.5) is 11.4 Å². The van der Waals surface area contributed by atoms with Crippen molar-refractivity contribution < 1.29 is 17.6 Å². The molecule has 3 aromatic rings. The summed E-state index contributed by atoms with van der Waals surface area (Å²) in [4.78, 5) is 18.4. The molecular formula is C30H34N4O4S2. The van der Waals surface area contributed by atoms with Crippen LogP contribution in [0.15, 0.2) is 81.2 Å². The first-order valence-electron chi connectivity index (χ1n) is 13.8. The Morgan fingerprint density at radius 2 is 1.93 bits per heavy atom. The monoisotopic (exact) mass is 578 g/mol. The van der Waals surface area contributed by atoms with Gasteiger partial charge in [-0.25, -0.2) is 8.42 Å². The number of furan rings is 1. The van der Waals surface area contributed by atoms with Gasteiger partial charge in [0.1, 0.15) is 10.3 Å². The largest absolute Gasteiger partial charge is 0.472 e. The van der Waals surface area contributed by atoms with Crippen molar-refractivity contribution in [3.05, 3.63) is 89.2 Å². The van der Waals surface area contributed by atoms with E-state index in [1.165, 1.54) is 26.9 Å². The summed E-state index contributed by atoms with van der Waals surface area (Å²) in [6.07, 6.45) is 12.9. The smallest absolute Gasteiger partial charge is 0.253 e. The fourth-order valence-corrected chi connectivity index (χ4v) is 8.83. The molecule has 0 saturated carbocycles. The lowest BCUT2D eigenvalue weighted by Crippen LogP contribution is -2.59. The molecule has 2 aromatic heterocycles. The molecule has 0 radical (unpaired) electrons. The van der Waals surface area contributed by atoms with Crippen molar-refractivity contribution in [3.63, 3.8) is 0 Å². The Morgan fingerprint density at radius 1 is 1.10 bits per heavy atom. The molecule has 0 spiro atoms. The Hall–Kier alpha value is -3.18. The summed E-state index contributed by atoms with van der Waals surface area (Å²) in [6.45, 7) is 6.77. The second-order valence-corrected chi connectivity index (χ2v) is 13.5. The van der Waals surface area contributed by atoms with Gasteiger partial charge in [0.15, 0.2) is 0 Å². The van der Waals surface area contributed by atoms with Crippen LogP contribution in [0.1, 0.15) is 36.5 Å². The van der Waals surface area contributed by atoms with Crippen molar-refractivity contribution in [3.8, 4) is 0 Å². The maximum absolute atomic E-state index is 13.9. The first-order valence-corrected chi connectivity index (χ1v) is 16.1. The SMILES string of the molecule is CCc1cocc1CN1CCN(S(=O)(=O)c2cccs2)[C@H](C(=O)Nc2ccc3c(c2)C2C=CC=CC2N3CC)C1. The summed E-state index contributed by atoms with van der Waals surface area (Å²) in [5, 5.41) is 4.82. The Morgan fingerprint density at radius 3 is 2.70 bits per heavy atom. The van der Waals surface area contributed by atoms with Crippen LogP contribution in [-0.2, 0) is 27.8 Å². The maximum atomic E-state index is 13.9. The lowest BCUT2D eigenvalue weighted by molar-refractivity contribution is -0.121. The van der Waals surface area contributed by atoms with Gasteiger partial charge in [0.25, 0.3) is 10.0 Å². The standard InChI is InChI=1S/C30H34N4O4S2/c1-3-21-19-38-20-22(21)17-32-13-14-34(40(36,37)29-10-7-15-39-29)28(18-32)30(35)31-23-11-12-27-25(16-23)24-8-5-6-9-26(24)33(27)4-2/h5-12,15-16,19-20,24,26,28H,3-4,13-14,17-18H2,1-2H3,(H,31,35)/t24?,26?,28-/m0/s1. The molecule has 1 saturated heterocycles. The summed E-state index contributed by atoms with van der Waals surface area (Å²) < 4.78 is 34.3. The van der Waals surface area contributed by atoms with Crippen LogP contribution in [0.25, 0.3) is 0 Å². The third kappa shape index (κ3) is 4.83. The maximum Gasteiger partial charge on any atom is 0.253 e. The predicted octanol–water partition coefficient (Wildman–Crippen LogP) is 4.84. The second kappa shape index (κ2) is 11.0. The Labute approximate surface area is 239 Å². The molecule has 1 fully saturated rings. The van der Waals surface area contributed by atoms with E-state index in [0.717, 1.165) is 24.1 Å². The number of carbonyl (C=O) groups excluding carboxylic acids is 1. The molecule has 10 heteroatoms. The fraction of sp³-hybridized carbons (Fsp3) is 0.367. The molecule has 3 aliphatic rings. The van der Waals surface area contributed by atoms with E-state index in [9.17, 15) is 13.2 Å². The molecule has 8 nitrogen and oxygen atoms in total. The number of carbonyl (C=O) groups is 1. The molecule has 6 rings (SSSR count). The molecule has 2 unspecified atom stereocenters. The van der Waals surface area contributed by atoms with E-state index in [1.54, 1.807) is 30.0 Å². The van der Waals surface area contributed by atoms with Gasteiger partial charge in [0, 0.05) is 55.6 Å². The van der Waals surface area contributed by atoms with Gasteiger partial charge in [-0.15, -0.1) is 11.3 Å². The highest BCUT2D eigenvalue weighted by Gasteiger charge is 2.41. The molecule has 40 heavy (non-hydrogen) atoms. The van der Waals surface area contributed by atoms with Gasteiger partial charge < -0.3 is 14.6 Å². The first kappa shape index (κ1) is 27.0. The summed E-state index contributed by atoms with van der Waals surface area (Å²) in [5.74, 6) is -0.103. The third-order valence-corrected chi connectivity index (χ3v) is 11.4. The van der Waals surface area contributed by atoms with E-state index >= 15 is 0 Å². The third-order valence-electron chi connectivity index (χ3n) is 8.15. The van der Waals surface area contributed by atoms with E-state index in [1.807, 2.05) is 12.1 Å². The molecule has 1 aliphatic carbocycles. The van der Waals surface area contributed by atoms with E-state index in [0.29, 0.717) is 18.8 Å². The zero-order valence-corrected chi connectivity index (χ0v) is 24.3. The number of amides is 1. The van der Waals surface area contributed by atoms with Crippen molar-refractivity contribution in [2.24, 2.45) is 0 Å². The average molecular weight is 579 g/mol. The Bertz CT molecular complexity index is 1540. The summed E-state index contributed by atoms with van der Waals surface area (Å²) in [7, 11) is -3.82. The number of benzene rings is 1.